The highest BCUT2D eigenvalue weighted by Crippen LogP contribution is 2.29. The Morgan fingerprint density at radius 1 is 1.34 bits per heavy atom. The Kier molecular flexibility index (Phi) is 7.08. The van der Waals surface area contributed by atoms with E-state index < -0.39 is 24.1 Å². The summed E-state index contributed by atoms with van der Waals surface area (Å²) in [5.74, 6) is -2.03. The highest BCUT2D eigenvalue weighted by molar-refractivity contribution is 6.03. The van der Waals surface area contributed by atoms with Gasteiger partial charge in [0.2, 0.25) is 5.91 Å². The first-order valence-electron chi connectivity index (χ1n) is 9.54. The van der Waals surface area contributed by atoms with Crippen molar-refractivity contribution in [3.05, 3.63) is 54.6 Å². The summed E-state index contributed by atoms with van der Waals surface area (Å²) in [5, 5.41) is 6.88. The fourth-order valence-electron chi connectivity index (χ4n) is 3.04. The number of hydrogen-bond acceptors (Lipinski definition) is 5. The van der Waals surface area contributed by atoms with Crippen molar-refractivity contribution in [2.75, 3.05) is 19.6 Å². The van der Waals surface area contributed by atoms with Crippen molar-refractivity contribution in [3.8, 4) is 17.0 Å². The van der Waals surface area contributed by atoms with Crippen LogP contribution in [-0.2, 0) is 4.79 Å². The summed E-state index contributed by atoms with van der Waals surface area (Å²) in [5.41, 5.74) is 0.527. The molecule has 1 N–H and O–H groups in total. The summed E-state index contributed by atoms with van der Waals surface area (Å²) in [6, 6.07) is 4.47. The van der Waals surface area contributed by atoms with Gasteiger partial charge in [-0.3, -0.25) is 14.6 Å². The number of rotatable bonds is 7. The molecule has 32 heavy (non-hydrogen) atoms. The molecule has 8 nitrogen and oxygen atoms in total. The number of carbonyl (C=O) groups excluding carboxylic acids is 2. The number of aliphatic imine (C=N–C) groups is 1. The van der Waals surface area contributed by atoms with Gasteiger partial charge >= 0.3 is 6.61 Å². The van der Waals surface area contributed by atoms with Gasteiger partial charge in [-0.1, -0.05) is 12.7 Å². The van der Waals surface area contributed by atoms with E-state index in [4.69, 9.17) is 0 Å². The maximum absolute atomic E-state index is 14.1. The number of aromatic nitrogens is 2. The summed E-state index contributed by atoms with van der Waals surface area (Å²) in [4.78, 5) is 29.9. The van der Waals surface area contributed by atoms with Gasteiger partial charge in [0.05, 0.1) is 24.2 Å². The molecule has 2 amide bonds. The van der Waals surface area contributed by atoms with Gasteiger partial charge in [-0.2, -0.15) is 13.9 Å². The first kappa shape index (κ1) is 22.8. The lowest BCUT2D eigenvalue weighted by Gasteiger charge is -2.25. The maximum atomic E-state index is 14.1. The Balaban J connectivity index is 2.05. The van der Waals surface area contributed by atoms with Crippen molar-refractivity contribution < 1.29 is 27.5 Å². The largest absolute Gasteiger partial charge is 0.435 e. The molecule has 0 radical (unpaired) electrons. The molecule has 1 fully saturated rings. The predicted molar refractivity (Wildman–Crippen MR) is 112 cm³/mol. The summed E-state index contributed by atoms with van der Waals surface area (Å²) >= 11 is 0. The molecule has 2 heterocycles. The molecule has 3 rings (SSSR count). The van der Waals surface area contributed by atoms with Crippen LogP contribution in [0.4, 0.5) is 13.2 Å². The zero-order chi connectivity index (χ0) is 23.3. The van der Waals surface area contributed by atoms with Crippen LogP contribution in [0.15, 0.2) is 48.1 Å². The van der Waals surface area contributed by atoms with Crippen LogP contribution in [0.2, 0.25) is 0 Å². The van der Waals surface area contributed by atoms with Crippen LogP contribution in [0.1, 0.15) is 17.4 Å². The van der Waals surface area contributed by atoms with Gasteiger partial charge < -0.3 is 15.0 Å². The van der Waals surface area contributed by atoms with E-state index in [1.54, 1.807) is 13.0 Å². The van der Waals surface area contributed by atoms with E-state index in [1.807, 2.05) is 0 Å². The average molecular weight is 447 g/mol. The zero-order valence-electron chi connectivity index (χ0n) is 17.1. The molecule has 1 aliphatic rings. The second-order valence-corrected chi connectivity index (χ2v) is 6.71. The van der Waals surface area contributed by atoms with Crippen LogP contribution in [0, 0.1) is 5.82 Å². The molecule has 0 atom stereocenters. The highest BCUT2D eigenvalue weighted by Gasteiger charge is 2.26. The van der Waals surface area contributed by atoms with E-state index in [0.29, 0.717) is 13.1 Å². The molecule has 1 aromatic carbocycles. The van der Waals surface area contributed by atoms with Crippen molar-refractivity contribution >= 4 is 23.7 Å². The van der Waals surface area contributed by atoms with Gasteiger partial charge in [0, 0.05) is 30.9 Å². The van der Waals surface area contributed by atoms with Crippen LogP contribution in [0.3, 0.4) is 0 Å². The Morgan fingerprint density at radius 3 is 2.81 bits per heavy atom. The molecular formula is C21H20F3N5O3. The molecule has 11 heteroatoms. The summed E-state index contributed by atoms with van der Waals surface area (Å²) in [6.07, 6.45) is 4.56. The lowest BCUT2D eigenvalue weighted by molar-refractivity contribution is -0.123. The summed E-state index contributed by atoms with van der Waals surface area (Å²) in [7, 11) is 0. The topological polar surface area (TPSA) is 88.8 Å². The fourth-order valence-corrected chi connectivity index (χ4v) is 3.04. The Hall–Kier alpha value is -3.89. The van der Waals surface area contributed by atoms with Crippen LogP contribution < -0.4 is 10.1 Å². The Morgan fingerprint density at radius 2 is 2.12 bits per heavy atom. The average Bonchev–Trinajstić information content (AvgIpc) is 3.18. The Bertz CT molecular complexity index is 1090. The van der Waals surface area contributed by atoms with Gasteiger partial charge in [0.25, 0.3) is 5.91 Å². The third-order valence-electron chi connectivity index (χ3n) is 4.38. The highest BCUT2D eigenvalue weighted by atomic mass is 19.3. The first-order chi connectivity index (χ1) is 15.3. The number of amides is 2. The second kappa shape index (κ2) is 9.94. The SMILES string of the molecule is C=C(C=N/C=C\C)n1nc(C(=O)N2CCNC(=O)C2)cc1-c1cc(F)cc(OC(F)F)c1. The van der Waals surface area contributed by atoms with Gasteiger partial charge in [0.1, 0.15) is 11.6 Å². The monoisotopic (exact) mass is 447 g/mol. The lowest BCUT2D eigenvalue weighted by atomic mass is 10.1. The molecule has 1 aromatic heterocycles. The normalized spacial score (nSPS) is 14.4. The number of nitrogens with one attached hydrogen (secondary N) is 1. The number of nitrogens with zero attached hydrogens (tertiary/aromatic N) is 4. The number of hydrogen-bond donors (Lipinski definition) is 1. The van der Waals surface area contributed by atoms with Crippen LogP contribution in [0.25, 0.3) is 17.0 Å². The van der Waals surface area contributed by atoms with E-state index in [-0.39, 0.29) is 35.1 Å². The summed E-state index contributed by atoms with van der Waals surface area (Å²) in [6.45, 7) is 2.95. The molecule has 168 valence electrons. The molecule has 0 saturated carbocycles. The fraction of sp³-hybridized carbons (Fsp3) is 0.238. The van der Waals surface area contributed by atoms with Gasteiger partial charge in [0.15, 0.2) is 5.69 Å². The minimum absolute atomic E-state index is 0.0316. The minimum Gasteiger partial charge on any atom is -0.435 e. The van der Waals surface area contributed by atoms with Crippen molar-refractivity contribution in [3.63, 3.8) is 0 Å². The molecule has 0 unspecified atom stereocenters. The van der Waals surface area contributed by atoms with E-state index in [1.165, 1.54) is 34.1 Å². The van der Waals surface area contributed by atoms with Crippen molar-refractivity contribution in [2.24, 2.45) is 4.99 Å². The third kappa shape index (κ3) is 5.42. The van der Waals surface area contributed by atoms with E-state index in [2.05, 4.69) is 26.7 Å². The number of ether oxygens (including phenoxy) is 1. The molecule has 0 spiro atoms. The Labute approximate surface area is 181 Å². The third-order valence-corrected chi connectivity index (χ3v) is 4.38. The van der Waals surface area contributed by atoms with Crippen molar-refractivity contribution in [1.29, 1.82) is 0 Å². The van der Waals surface area contributed by atoms with E-state index in [0.717, 1.165) is 12.1 Å². The van der Waals surface area contributed by atoms with E-state index >= 15 is 0 Å². The lowest BCUT2D eigenvalue weighted by Crippen LogP contribution is -2.50. The predicted octanol–water partition coefficient (Wildman–Crippen LogP) is 2.94. The van der Waals surface area contributed by atoms with Crippen molar-refractivity contribution in [2.45, 2.75) is 13.5 Å². The van der Waals surface area contributed by atoms with Crippen molar-refractivity contribution in [1.82, 2.24) is 20.0 Å². The molecular weight excluding hydrogens is 427 g/mol. The molecule has 2 aromatic rings. The second-order valence-electron chi connectivity index (χ2n) is 6.71. The van der Waals surface area contributed by atoms with Crippen LogP contribution in [-0.4, -0.2) is 59.0 Å². The number of piperazine rings is 1. The molecule has 1 saturated heterocycles. The first-order valence-corrected chi connectivity index (χ1v) is 9.54. The number of alkyl halides is 2. The van der Waals surface area contributed by atoms with Crippen LogP contribution in [0.5, 0.6) is 5.75 Å². The zero-order valence-corrected chi connectivity index (χ0v) is 17.1. The number of allylic oxidation sites excluding steroid dienone is 2. The maximum Gasteiger partial charge on any atom is 0.387 e. The molecule has 0 bridgehead atoms. The van der Waals surface area contributed by atoms with E-state index in [9.17, 15) is 22.8 Å². The standard InChI is InChI=1S/C21H20F3N5O3/c1-3-4-25-11-13(2)29-18(14-7-15(22)9-16(8-14)32-21(23)24)10-17(27-29)20(31)28-6-5-26-19(30)12-28/h3-4,7-11,21H,2,5-6,12H2,1H3,(H,26,30)/b4-3-,25-11?. The molecule has 1 aliphatic heterocycles. The number of benzene rings is 1. The van der Waals surface area contributed by atoms with Gasteiger partial charge in [-0.05, 0) is 25.1 Å². The van der Waals surface area contributed by atoms with Crippen LogP contribution >= 0.6 is 0 Å². The number of carbonyl (C=O) groups is 2. The minimum atomic E-state index is -3.14. The summed E-state index contributed by atoms with van der Waals surface area (Å²) < 4.78 is 44.9. The van der Waals surface area contributed by atoms with Gasteiger partial charge in [-0.25, -0.2) is 9.07 Å². The quantitative estimate of drug-likeness (QED) is 0.661. The smallest absolute Gasteiger partial charge is 0.387 e. The number of halogens is 3. The van der Waals surface area contributed by atoms with Gasteiger partial charge in [-0.15, -0.1) is 0 Å². The molecule has 0 aliphatic carbocycles.